The number of esters is 1. The van der Waals surface area contributed by atoms with E-state index in [2.05, 4.69) is 20.3 Å². The molecule has 11 heteroatoms. The summed E-state index contributed by atoms with van der Waals surface area (Å²) in [7, 11) is 0. The number of aromatic nitrogens is 4. The normalized spacial score (nSPS) is 17.3. The largest absolute Gasteiger partial charge is 1.00 e. The molecule has 2 fully saturated rings. The summed E-state index contributed by atoms with van der Waals surface area (Å²) in [6.07, 6.45) is 5.79. The third kappa shape index (κ3) is 5.75. The van der Waals surface area contributed by atoms with Gasteiger partial charge in [-0.3, -0.25) is 0 Å². The summed E-state index contributed by atoms with van der Waals surface area (Å²) in [5.41, 5.74) is 0.0415. The Morgan fingerprint density at radius 2 is 1.59 bits per heavy atom. The van der Waals surface area contributed by atoms with Crippen molar-refractivity contribution in [1.82, 2.24) is 20.3 Å². The van der Waals surface area contributed by atoms with E-state index in [1.807, 2.05) is 13.8 Å². The molecule has 2 aromatic rings. The molecular formula is C16H20KN4O6-. The Morgan fingerprint density at radius 3 is 2.04 bits per heavy atom. The van der Waals surface area contributed by atoms with E-state index >= 15 is 0 Å². The second-order valence-electron chi connectivity index (χ2n) is 6.79. The maximum absolute atomic E-state index is 11.2. The minimum absolute atomic E-state index is 0. The Balaban J connectivity index is 0.000000257. The summed E-state index contributed by atoms with van der Waals surface area (Å²) in [6.45, 7) is 6.13. The summed E-state index contributed by atoms with van der Waals surface area (Å²) in [5.74, 6) is 0.631. The number of hydrogen-bond donors (Lipinski definition) is 0. The van der Waals surface area contributed by atoms with E-state index in [0.717, 1.165) is 25.7 Å². The smallest absolute Gasteiger partial charge is 0.870 e. The second-order valence-corrected chi connectivity index (χ2v) is 6.79. The molecule has 0 saturated heterocycles. The predicted octanol–water partition coefficient (Wildman–Crippen LogP) is -1.30. The topological polar surface area (TPSA) is 151 Å². The molecule has 27 heavy (non-hydrogen) atoms. The maximum atomic E-state index is 11.2. The fourth-order valence-electron chi connectivity index (χ4n) is 2.06. The molecule has 0 unspecified atom stereocenters. The SMILES string of the molecule is CC1(c2nc([C-]=O)no2)CC1.CCOC(=O)c1noc(C2(C)CC2)n1.[K+].[OH-]. The number of ether oxygens (including phenoxy) is 1. The summed E-state index contributed by atoms with van der Waals surface area (Å²) < 4.78 is 14.6. The van der Waals surface area contributed by atoms with Gasteiger partial charge in [-0.15, -0.1) is 0 Å². The first-order valence-corrected chi connectivity index (χ1v) is 8.14. The number of carbonyl (C=O) groups excluding carboxylic acids is 2. The number of carbonyl (C=O) groups is 1. The average Bonchev–Trinajstić information content (AvgIpc) is 3.38. The molecule has 10 nitrogen and oxygen atoms in total. The fourth-order valence-corrected chi connectivity index (χ4v) is 2.06. The monoisotopic (exact) mass is 403 g/mol. The molecule has 4 rings (SSSR count). The molecule has 0 amide bonds. The van der Waals surface area contributed by atoms with Gasteiger partial charge in [-0.25, -0.2) is 9.78 Å². The maximum Gasteiger partial charge on any atom is 1.00 e. The minimum atomic E-state index is -0.522. The second kappa shape index (κ2) is 9.48. The standard InChI is InChI=1S/C9H12N2O3.C7H7N2O2.K.H2O/c1-3-13-7(12)6-10-8(14-11-6)9(2)4-5-9;1-7(2-3-7)6-8-5(4-10)9-11-6;;/h3-5H2,1-2H3;2-3H2,1H3;;1H2/q;-1;+1;/p-1. The van der Waals surface area contributed by atoms with Crippen LogP contribution < -0.4 is 51.4 Å². The van der Waals surface area contributed by atoms with Crippen LogP contribution in [-0.2, 0) is 20.4 Å². The van der Waals surface area contributed by atoms with E-state index in [0.29, 0.717) is 18.4 Å². The zero-order valence-corrected chi connectivity index (χ0v) is 18.9. The van der Waals surface area contributed by atoms with Gasteiger partial charge in [0.2, 0.25) is 11.8 Å². The fraction of sp³-hybridized carbons (Fsp3) is 0.625. The predicted molar refractivity (Wildman–Crippen MR) is 84.5 cm³/mol. The summed E-state index contributed by atoms with van der Waals surface area (Å²) >= 11 is 0. The quantitative estimate of drug-likeness (QED) is 0.335. The molecule has 2 saturated carbocycles. The summed E-state index contributed by atoms with van der Waals surface area (Å²) in [5, 5.41) is 7.01. The summed E-state index contributed by atoms with van der Waals surface area (Å²) in [6, 6.07) is 0. The van der Waals surface area contributed by atoms with Gasteiger partial charge in [0, 0.05) is 10.8 Å². The average molecular weight is 403 g/mol. The van der Waals surface area contributed by atoms with Crippen LogP contribution in [0.15, 0.2) is 9.05 Å². The van der Waals surface area contributed by atoms with Crippen molar-refractivity contribution in [3.63, 3.8) is 0 Å². The van der Waals surface area contributed by atoms with Crippen LogP contribution in [0.2, 0.25) is 0 Å². The Labute approximate surface area is 198 Å². The molecule has 0 aliphatic heterocycles. The van der Waals surface area contributed by atoms with Crippen molar-refractivity contribution in [3.05, 3.63) is 23.4 Å². The molecule has 0 spiro atoms. The van der Waals surface area contributed by atoms with Gasteiger partial charge in [0.25, 0.3) is 5.82 Å². The van der Waals surface area contributed by atoms with Gasteiger partial charge in [-0.05, 0) is 37.8 Å². The van der Waals surface area contributed by atoms with Gasteiger partial charge in [0.05, 0.1) is 12.4 Å². The molecule has 2 aliphatic rings. The van der Waals surface area contributed by atoms with Crippen LogP contribution >= 0.6 is 0 Å². The van der Waals surface area contributed by atoms with Crippen LogP contribution in [0.3, 0.4) is 0 Å². The van der Waals surface area contributed by atoms with Gasteiger partial charge >= 0.3 is 57.4 Å². The van der Waals surface area contributed by atoms with Crippen molar-refractivity contribution in [2.24, 2.45) is 0 Å². The van der Waals surface area contributed by atoms with E-state index < -0.39 is 5.97 Å². The molecule has 2 heterocycles. The van der Waals surface area contributed by atoms with E-state index in [1.165, 1.54) is 0 Å². The van der Waals surface area contributed by atoms with E-state index in [-0.39, 0.29) is 79.3 Å². The van der Waals surface area contributed by atoms with E-state index in [1.54, 1.807) is 13.2 Å². The zero-order chi connectivity index (χ0) is 18.1. The first-order valence-electron chi connectivity index (χ1n) is 8.14. The van der Waals surface area contributed by atoms with Gasteiger partial charge in [-0.2, -0.15) is 11.3 Å². The Morgan fingerprint density at radius 1 is 1.07 bits per heavy atom. The molecule has 0 aromatic carbocycles. The van der Waals surface area contributed by atoms with Crippen molar-refractivity contribution in [1.29, 1.82) is 0 Å². The third-order valence-electron chi connectivity index (χ3n) is 4.43. The first-order chi connectivity index (χ1) is 11.9. The number of rotatable bonds is 5. The molecule has 142 valence electrons. The molecule has 0 atom stereocenters. The first kappa shape index (κ1) is 24.1. The molecular weight excluding hydrogens is 383 g/mol. The molecule has 0 bridgehead atoms. The minimum Gasteiger partial charge on any atom is -0.870 e. The van der Waals surface area contributed by atoms with Crippen molar-refractivity contribution in [3.8, 4) is 0 Å². The van der Waals surface area contributed by atoms with Gasteiger partial charge in [-0.1, -0.05) is 19.0 Å². The van der Waals surface area contributed by atoms with Crippen LogP contribution in [-0.4, -0.2) is 44.6 Å². The zero-order valence-electron chi connectivity index (χ0n) is 15.8. The molecule has 2 aliphatic carbocycles. The van der Waals surface area contributed by atoms with Crippen LogP contribution in [0, 0.1) is 0 Å². The van der Waals surface area contributed by atoms with Crippen LogP contribution in [0.25, 0.3) is 0 Å². The van der Waals surface area contributed by atoms with E-state index in [4.69, 9.17) is 13.8 Å². The number of nitrogens with zero attached hydrogens (tertiary/aromatic N) is 4. The van der Waals surface area contributed by atoms with Crippen molar-refractivity contribution in [2.45, 2.75) is 57.3 Å². The van der Waals surface area contributed by atoms with Crippen molar-refractivity contribution in [2.75, 3.05) is 6.61 Å². The molecule has 1 N–H and O–H groups in total. The Hall–Kier alpha value is -0.984. The summed E-state index contributed by atoms with van der Waals surface area (Å²) in [4.78, 5) is 29.1. The van der Waals surface area contributed by atoms with Crippen molar-refractivity contribution >= 4 is 12.3 Å². The Kier molecular flexibility index (Phi) is 8.44. The van der Waals surface area contributed by atoms with Crippen LogP contribution in [0.1, 0.15) is 74.7 Å². The van der Waals surface area contributed by atoms with Gasteiger partial charge in [0.15, 0.2) is 0 Å². The molecule has 0 radical (unpaired) electrons. The number of hydrogen-bond acceptors (Lipinski definition) is 10. The van der Waals surface area contributed by atoms with Crippen LogP contribution in [0.5, 0.6) is 0 Å². The third-order valence-corrected chi connectivity index (χ3v) is 4.43. The van der Waals surface area contributed by atoms with Gasteiger partial charge in [0.1, 0.15) is 0 Å². The van der Waals surface area contributed by atoms with Gasteiger partial charge < -0.3 is 24.1 Å². The Bertz CT molecular complexity index is 781. The van der Waals surface area contributed by atoms with E-state index in [9.17, 15) is 9.59 Å². The van der Waals surface area contributed by atoms with Crippen LogP contribution in [0.4, 0.5) is 0 Å². The molecule has 2 aromatic heterocycles. The van der Waals surface area contributed by atoms with Crippen molar-refractivity contribution < 1.29 is 80.2 Å².